The number of rotatable bonds is 3. The summed E-state index contributed by atoms with van der Waals surface area (Å²) in [4.78, 5) is 22.8. The highest BCUT2D eigenvalue weighted by molar-refractivity contribution is 5.98. The molecule has 1 N–H and O–H groups in total. The quantitative estimate of drug-likeness (QED) is 0.666. The Morgan fingerprint density at radius 2 is 1.88 bits per heavy atom. The van der Waals surface area contributed by atoms with Crippen LogP contribution in [0.4, 0.5) is 10.5 Å². The van der Waals surface area contributed by atoms with Crippen LogP contribution in [0.3, 0.4) is 0 Å². The average Bonchev–Trinajstić information content (AvgIpc) is 3.28. The monoisotopic (exact) mass is 442 g/mol. The Bertz CT molecular complexity index is 1190. The molecule has 6 heteroatoms. The molecule has 3 aliphatic rings. The van der Waals surface area contributed by atoms with E-state index in [9.17, 15) is 4.79 Å². The van der Waals surface area contributed by atoms with E-state index in [1.165, 1.54) is 33.3 Å². The molecule has 3 aromatic rings. The molecule has 1 amide bonds. The number of piperazine rings is 1. The van der Waals surface area contributed by atoms with Gasteiger partial charge in [0.15, 0.2) is 0 Å². The van der Waals surface area contributed by atoms with E-state index < -0.39 is 0 Å². The molecule has 170 valence electrons. The standard InChI is InChI=1S/C27H30N4O2/c1-29-17-19(14-23-22-8-5-9-24-26(22)20(16-28-24)15-25(23)29)18-33-27(32)31-12-10-30(11-13-31)21-6-3-2-4-7-21/h2-9,14,16,19,25,28H,10-13,15,17-18H2,1H3/t19?,25-/m0/s1. The van der Waals surface area contributed by atoms with E-state index >= 15 is 0 Å². The van der Waals surface area contributed by atoms with Crippen LogP contribution in [-0.2, 0) is 11.2 Å². The molecule has 6 rings (SSSR count). The number of aromatic nitrogens is 1. The van der Waals surface area contributed by atoms with Crippen LogP contribution in [0.5, 0.6) is 0 Å². The van der Waals surface area contributed by atoms with Gasteiger partial charge in [0.05, 0.1) is 0 Å². The fourth-order valence-corrected chi connectivity index (χ4v) is 5.71. The van der Waals surface area contributed by atoms with Crippen molar-refractivity contribution in [3.05, 3.63) is 71.9 Å². The molecule has 0 spiro atoms. The maximum atomic E-state index is 12.8. The third-order valence-corrected chi connectivity index (χ3v) is 7.42. The van der Waals surface area contributed by atoms with Gasteiger partial charge in [0.25, 0.3) is 0 Å². The lowest BCUT2D eigenvalue weighted by Crippen LogP contribution is -2.49. The molecule has 2 aliphatic heterocycles. The van der Waals surface area contributed by atoms with Crippen LogP contribution in [0, 0.1) is 5.92 Å². The van der Waals surface area contributed by atoms with Gasteiger partial charge in [-0.2, -0.15) is 0 Å². The fraction of sp³-hybridized carbons (Fsp3) is 0.370. The van der Waals surface area contributed by atoms with Gasteiger partial charge in [-0.1, -0.05) is 36.4 Å². The molecule has 1 aromatic heterocycles. The minimum atomic E-state index is -0.190. The number of H-pyrrole nitrogens is 1. The number of hydrogen-bond acceptors (Lipinski definition) is 4. The van der Waals surface area contributed by atoms with Gasteiger partial charge < -0.3 is 19.5 Å². The van der Waals surface area contributed by atoms with Crippen molar-refractivity contribution in [2.45, 2.75) is 12.5 Å². The Hall–Kier alpha value is -3.25. The van der Waals surface area contributed by atoms with Crippen molar-refractivity contribution in [1.82, 2.24) is 14.8 Å². The van der Waals surface area contributed by atoms with Crippen LogP contribution in [0.25, 0.3) is 16.5 Å². The lowest BCUT2D eigenvalue weighted by atomic mass is 9.80. The average molecular weight is 443 g/mol. The summed E-state index contributed by atoms with van der Waals surface area (Å²) in [5, 5.41) is 1.35. The summed E-state index contributed by atoms with van der Waals surface area (Å²) in [6.45, 7) is 4.38. The number of carbonyl (C=O) groups excluding carboxylic acids is 1. The summed E-state index contributed by atoms with van der Waals surface area (Å²) in [7, 11) is 2.19. The van der Waals surface area contributed by atoms with Gasteiger partial charge in [-0.05, 0) is 48.4 Å². The summed E-state index contributed by atoms with van der Waals surface area (Å²) in [5.41, 5.74) is 6.51. The zero-order chi connectivity index (χ0) is 22.4. The molecule has 0 bridgehead atoms. The maximum Gasteiger partial charge on any atom is 0.409 e. The minimum absolute atomic E-state index is 0.190. The normalized spacial score (nSPS) is 22.8. The van der Waals surface area contributed by atoms with Crippen LogP contribution in [0.2, 0.25) is 0 Å². The molecule has 2 aromatic carbocycles. The molecule has 0 radical (unpaired) electrons. The van der Waals surface area contributed by atoms with E-state index in [-0.39, 0.29) is 12.0 Å². The summed E-state index contributed by atoms with van der Waals surface area (Å²) >= 11 is 0. The first kappa shape index (κ1) is 20.4. The summed E-state index contributed by atoms with van der Waals surface area (Å²) in [6.07, 6.45) is 5.35. The number of nitrogens with zero attached hydrogens (tertiary/aromatic N) is 3. The smallest absolute Gasteiger partial charge is 0.409 e. The third kappa shape index (κ3) is 3.68. The number of fused-ring (bicyclic) bond motifs is 2. The summed E-state index contributed by atoms with van der Waals surface area (Å²) < 4.78 is 5.81. The van der Waals surface area contributed by atoms with Crippen LogP contribution >= 0.6 is 0 Å². The number of nitrogens with one attached hydrogen (secondary N) is 1. The molecule has 1 unspecified atom stereocenters. The van der Waals surface area contributed by atoms with E-state index in [4.69, 9.17) is 4.74 Å². The van der Waals surface area contributed by atoms with E-state index in [1.54, 1.807) is 0 Å². The van der Waals surface area contributed by atoms with Crippen molar-refractivity contribution in [2.24, 2.45) is 5.92 Å². The van der Waals surface area contributed by atoms with Gasteiger partial charge in [-0.3, -0.25) is 4.90 Å². The molecule has 1 aliphatic carbocycles. The Labute approximate surface area is 194 Å². The first-order valence-corrected chi connectivity index (χ1v) is 11.9. The van der Waals surface area contributed by atoms with Crippen LogP contribution in [-0.4, -0.2) is 73.3 Å². The molecule has 0 saturated carbocycles. The number of likely N-dealkylation sites (N-methyl/N-ethyl adjacent to an activating group) is 1. The van der Waals surface area contributed by atoms with E-state index in [1.807, 2.05) is 11.0 Å². The zero-order valence-corrected chi connectivity index (χ0v) is 19.0. The highest BCUT2D eigenvalue weighted by Crippen LogP contribution is 2.40. The number of para-hydroxylation sites is 1. The molecule has 2 atom stereocenters. The Morgan fingerprint density at radius 3 is 2.70 bits per heavy atom. The van der Waals surface area contributed by atoms with Crippen molar-refractivity contribution in [1.29, 1.82) is 0 Å². The number of aromatic amines is 1. The van der Waals surface area contributed by atoms with Crippen molar-refractivity contribution in [2.75, 3.05) is 51.3 Å². The molecular formula is C27H30N4O2. The van der Waals surface area contributed by atoms with Crippen molar-refractivity contribution in [3.8, 4) is 0 Å². The highest BCUT2D eigenvalue weighted by atomic mass is 16.6. The number of anilines is 1. The lowest BCUT2D eigenvalue weighted by molar-refractivity contribution is 0.0833. The van der Waals surface area contributed by atoms with Crippen LogP contribution in [0.15, 0.2) is 60.8 Å². The number of carbonyl (C=O) groups is 1. The maximum absolute atomic E-state index is 12.8. The summed E-state index contributed by atoms with van der Waals surface area (Å²) in [6, 6.07) is 17.3. The largest absolute Gasteiger partial charge is 0.449 e. The lowest BCUT2D eigenvalue weighted by Gasteiger charge is -2.40. The van der Waals surface area contributed by atoms with Gasteiger partial charge in [0.1, 0.15) is 6.61 Å². The van der Waals surface area contributed by atoms with E-state index in [2.05, 4.69) is 76.6 Å². The minimum Gasteiger partial charge on any atom is -0.449 e. The van der Waals surface area contributed by atoms with Crippen LogP contribution in [0.1, 0.15) is 11.1 Å². The first-order chi connectivity index (χ1) is 16.2. The van der Waals surface area contributed by atoms with Crippen molar-refractivity contribution in [3.63, 3.8) is 0 Å². The molecule has 33 heavy (non-hydrogen) atoms. The van der Waals surface area contributed by atoms with Gasteiger partial charge in [-0.15, -0.1) is 0 Å². The predicted octanol–water partition coefficient (Wildman–Crippen LogP) is 4.00. The van der Waals surface area contributed by atoms with Gasteiger partial charge in [0.2, 0.25) is 0 Å². The van der Waals surface area contributed by atoms with E-state index in [0.29, 0.717) is 25.7 Å². The Balaban J connectivity index is 1.11. The zero-order valence-electron chi connectivity index (χ0n) is 19.0. The predicted molar refractivity (Wildman–Crippen MR) is 131 cm³/mol. The summed E-state index contributed by atoms with van der Waals surface area (Å²) in [5.74, 6) is 0.201. The highest BCUT2D eigenvalue weighted by Gasteiger charge is 2.34. The second kappa shape index (κ2) is 8.27. The number of amides is 1. The van der Waals surface area contributed by atoms with E-state index in [0.717, 1.165) is 26.1 Å². The number of ether oxygens (including phenoxy) is 1. The molecule has 1 fully saturated rings. The third-order valence-electron chi connectivity index (χ3n) is 7.42. The van der Waals surface area contributed by atoms with Crippen LogP contribution < -0.4 is 4.90 Å². The fourth-order valence-electron chi connectivity index (χ4n) is 5.71. The second-order valence-electron chi connectivity index (χ2n) is 9.47. The van der Waals surface area contributed by atoms with Crippen molar-refractivity contribution >= 4 is 28.3 Å². The molecule has 3 heterocycles. The van der Waals surface area contributed by atoms with Crippen molar-refractivity contribution < 1.29 is 9.53 Å². The van der Waals surface area contributed by atoms with Gasteiger partial charge in [-0.25, -0.2) is 4.79 Å². The van der Waals surface area contributed by atoms with Gasteiger partial charge in [0, 0.05) is 67.5 Å². The number of hydrogen-bond donors (Lipinski definition) is 1. The number of benzene rings is 2. The SMILES string of the molecule is CN1CC(COC(=O)N2CCN(c3ccccc3)CC2)C=C2c3cccc4[nH]cc(c34)C[C@@H]21. The molecular weight excluding hydrogens is 412 g/mol. The molecule has 6 nitrogen and oxygen atoms in total. The Morgan fingerprint density at radius 1 is 1.06 bits per heavy atom. The Kier molecular flexibility index (Phi) is 5.10. The first-order valence-electron chi connectivity index (χ1n) is 11.9. The van der Waals surface area contributed by atoms with Gasteiger partial charge >= 0.3 is 6.09 Å². The second-order valence-corrected chi connectivity index (χ2v) is 9.47. The topological polar surface area (TPSA) is 51.8 Å². The molecule has 1 saturated heterocycles.